The van der Waals surface area contributed by atoms with Crippen LogP contribution in [0.15, 0.2) is 70.0 Å². The second kappa shape index (κ2) is 7.61. The number of carbonyl (C=O) groups excluding carboxylic acids is 1. The first-order valence-electron chi connectivity index (χ1n) is 10.5. The highest BCUT2D eigenvalue weighted by Crippen LogP contribution is 2.41. The number of anilines is 1. The predicted octanol–water partition coefficient (Wildman–Crippen LogP) is 6.02. The van der Waals surface area contributed by atoms with Gasteiger partial charge in [-0.3, -0.25) is 14.5 Å². The van der Waals surface area contributed by atoms with Crippen molar-refractivity contribution in [2.75, 3.05) is 4.90 Å². The van der Waals surface area contributed by atoms with Gasteiger partial charge in [0.25, 0.3) is 5.91 Å². The van der Waals surface area contributed by atoms with Gasteiger partial charge in [0.15, 0.2) is 5.43 Å². The van der Waals surface area contributed by atoms with Crippen molar-refractivity contribution in [3.63, 3.8) is 0 Å². The molecule has 0 aliphatic carbocycles. The quantitative estimate of drug-likeness (QED) is 0.387. The topological polar surface area (TPSA) is 63.4 Å². The third-order valence-electron chi connectivity index (χ3n) is 5.90. The van der Waals surface area contributed by atoms with Crippen molar-refractivity contribution in [3.05, 3.63) is 104 Å². The number of aromatic nitrogens is 1. The standard InChI is InChI=1S/C26H21ClN2O3/c1-14(2)16-4-6-17(7-5-16)23-22-24(30)19-13-18(27)8-9-20(19)32-25(22)26(31)29(23)21-12-15(3)10-11-28-21/h4-14,23H,1-3H3. The van der Waals surface area contributed by atoms with E-state index in [0.717, 1.165) is 11.1 Å². The maximum Gasteiger partial charge on any atom is 0.296 e. The third-order valence-corrected chi connectivity index (χ3v) is 6.13. The molecule has 1 amide bonds. The molecule has 1 atom stereocenters. The van der Waals surface area contributed by atoms with Crippen LogP contribution in [0.3, 0.4) is 0 Å². The Balaban J connectivity index is 1.79. The monoisotopic (exact) mass is 444 g/mol. The molecule has 2 aromatic heterocycles. The molecule has 32 heavy (non-hydrogen) atoms. The minimum Gasteiger partial charge on any atom is -0.450 e. The largest absolute Gasteiger partial charge is 0.450 e. The van der Waals surface area contributed by atoms with Gasteiger partial charge in [-0.05, 0) is 59.9 Å². The molecule has 0 saturated carbocycles. The average molecular weight is 445 g/mol. The van der Waals surface area contributed by atoms with Crippen molar-refractivity contribution in [1.29, 1.82) is 0 Å². The average Bonchev–Trinajstić information content (AvgIpc) is 3.07. The Morgan fingerprint density at radius 1 is 1.03 bits per heavy atom. The fourth-order valence-corrected chi connectivity index (χ4v) is 4.38. The maximum atomic E-state index is 13.6. The summed E-state index contributed by atoms with van der Waals surface area (Å²) >= 11 is 6.14. The highest BCUT2D eigenvalue weighted by atomic mass is 35.5. The maximum absolute atomic E-state index is 13.6. The SMILES string of the molecule is Cc1ccnc(N2C(=O)c3oc4ccc(Cl)cc4c(=O)c3C2c2ccc(C(C)C)cc2)c1. The van der Waals surface area contributed by atoms with Gasteiger partial charge >= 0.3 is 0 Å². The van der Waals surface area contributed by atoms with Gasteiger partial charge in [0, 0.05) is 11.2 Å². The zero-order valence-corrected chi connectivity index (χ0v) is 18.7. The van der Waals surface area contributed by atoms with Crippen molar-refractivity contribution < 1.29 is 9.21 Å². The van der Waals surface area contributed by atoms with Crippen LogP contribution in [0.1, 0.15) is 58.6 Å². The van der Waals surface area contributed by atoms with Crippen LogP contribution in [-0.2, 0) is 0 Å². The number of aryl methyl sites for hydroxylation is 1. The fraction of sp³-hybridized carbons (Fsp3) is 0.192. The van der Waals surface area contributed by atoms with E-state index in [0.29, 0.717) is 33.3 Å². The molecular weight excluding hydrogens is 424 g/mol. The zero-order chi connectivity index (χ0) is 22.6. The molecule has 0 fully saturated rings. The van der Waals surface area contributed by atoms with Gasteiger partial charge in [-0.1, -0.05) is 49.7 Å². The van der Waals surface area contributed by atoms with Gasteiger partial charge in [0.1, 0.15) is 11.4 Å². The number of rotatable bonds is 3. The molecule has 5 nitrogen and oxygen atoms in total. The number of hydrogen-bond acceptors (Lipinski definition) is 4. The summed E-state index contributed by atoms with van der Waals surface area (Å²) in [6.45, 7) is 6.18. The number of amides is 1. The van der Waals surface area contributed by atoms with Crippen LogP contribution >= 0.6 is 11.6 Å². The first kappa shape index (κ1) is 20.5. The number of carbonyl (C=O) groups is 1. The van der Waals surface area contributed by atoms with E-state index in [9.17, 15) is 9.59 Å². The lowest BCUT2D eigenvalue weighted by Gasteiger charge is -2.24. The van der Waals surface area contributed by atoms with Gasteiger partial charge in [-0.15, -0.1) is 0 Å². The van der Waals surface area contributed by atoms with Crippen molar-refractivity contribution in [2.24, 2.45) is 0 Å². The summed E-state index contributed by atoms with van der Waals surface area (Å²) in [7, 11) is 0. The van der Waals surface area contributed by atoms with Gasteiger partial charge in [-0.2, -0.15) is 0 Å². The molecule has 1 aliphatic heterocycles. The minimum absolute atomic E-state index is 0.0473. The summed E-state index contributed by atoms with van der Waals surface area (Å²) in [5.41, 5.74) is 3.34. The lowest BCUT2D eigenvalue weighted by molar-refractivity contribution is 0.0970. The van der Waals surface area contributed by atoms with E-state index < -0.39 is 6.04 Å². The van der Waals surface area contributed by atoms with Crippen LogP contribution in [0.5, 0.6) is 0 Å². The molecule has 1 unspecified atom stereocenters. The van der Waals surface area contributed by atoms with E-state index in [1.807, 2.05) is 43.3 Å². The Morgan fingerprint density at radius 2 is 1.78 bits per heavy atom. The Morgan fingerprint density at radius 3 is 2.47 bits per heavy atom. The predicted molar refractivity (Wildman–Crippen MR) is 126 cm³/mol. The number of pyridine rings is 1. The highest BCUT2D eigenvalue weighted by Gasteiger charge is 2.44. The number of benzene rings is 2. The van der Waals surface area contributed by atoms with E-state index >= 15 is 0 Å². The summed E-state index contributed by atoms with van der Waals surface area (Å²) < 4.78 is 5.97. The fourth-order valence-electron chi connectivity index (χ4n) is 4.21. The second-order valence-corrected chi connectivity index (χ2v) is 8.84. The number of hydrogen-bond donors (Lipinski definition) is 0. The summed E-state index contributed by atoms with van der Waals surface area (Å²) in [6.07, 6.45) is 1.66. The minimum atomic E-state index is -0.646. The molecule has 2 aromatic carbocycles. The summed E-state index contributed by atoms with van der Waals surface area (Å²) in [5, 5.41) is 0.788. The van der Waals surface area contributed by atoms with Crippen LogP contribution in [0, 0.1) is 6.92 Å². The van der Waals surface area contributed by atoms with E-state index in [-0.39, 0.29) is 17.1 Å². The summed E-state index contributed by atoms with van der Waals surface area (Å²) in [5.74, 6) is 0.504. The number of fused-ring (bicyclic) bond motifs is 2. The van der Waals surface area contributed by atoms with Crippen molar-refractivity contribution in [3.8, 4) is 0 Å². The zero-order valence-electron chi connectivity index (χ0n) is 17.9. The van der Waals surface area contributed by atoms with E-state index in [1.54, 1.807) is 29.3 Å². The second-order valence-electron chi connectivity index (χ2n) is 8.40. The molecule has 3 heterocycles. The Kier molecular flexibility index (Phi) is 4.86. The molecule has 0 bridgehead atoms. The molecule has 0 N–H and O–H groups in total. The van der Waals surface area contributed by atoms with Crippen LogP contribution < -0.4 is 10.3 Å². The van der Waals surface area contributed by atoms with Gasteiger partial charge < -0.3 is 4.42 Å². The van der Waals surface area contributed by atoms with E-state index in [2.05, 4.69) is 18.8 Å². The molecule has 0 radical (unpaired) electrons. The Bertz CT molecular complexity index is 1420. The van der Waals surface area contributed by atoms with Gasteiger partial charge in [-0.25, -0.2) is 4.98 Å². The van der Waals surface area contributed by atoms with Crippen LogP contribution in [0.2, 0.25) is 5.02 Å². The molecule has 5 rings (SSSR count). The molecular formula is C26H21ClN2O3. The Hall–Kier alpha value is -3.44. The van der Waals surface area contributed by atoms with E-state index in [1.165, 1.54) is 5.56 Å². The molecule has 0 saturated heterocycles. The molecule has 1 aliphatic rings. The van der Waals surface area contributed by atoms with Gasteiger partial charge in [0.05, 0.1) is 17.0 Å². The van der Waals surface area contributed by atoms with E-state index in [4.69, 9.17) is 16.0 Å². The lowest BCUT2D eigenvalue weighted by Crippen LogP contribution is -2.30. The van der Waals surface area contributed by atoms with Crippen LogP contribution in [0.4, 0.5) is 5.82 Å². The van der Waals surface area contributed by atoms with Crippen molar-refractivity contribution in [2.45, 2.75) is 32.7 Å². The van der Waals surface area contributed by atoms with Crippen LogP contribution in [-0.4, -0.2) is 10.9 Å². The summed E-state index contributed by atoms with van der Waals surface area (Å²) in [6, 6.07) is 15.9. The smallest absolute Gasteiger partial charge is 0.296 e. The lowest BCUT2D eigenvalue weighted by atomic mass is 9.95. The Labute approximate surface area is 190 Å². The molecule has 0 spiro atoms. The first-order chi connectivity index (χ1) is 15.3. The number of halogens is 1. The van der Waals surface area contributed by atoms with Crippen molar-refractivity contribution >= 4 is 34.3 Å². The summed E-state index contributed by atoms with van der Waals surface area (Å²) in [4.78, 5) is 33.1. The van der Waals surface area contributed by atoms with Crippen LogP contribution in [0.25, 0.3) is 11.0 Å². The van der Waals surface area contributed by atoms with Crippen molar-refractivity contribution in [1.82, 2.24) is 4.98 Å². The molecule has 6 heteroatoms. The molecule has 160 valence electrons. The normalized spacial score (nSPS) is 15.6. The first-order valence-corrected chi connectivity index (χ1v) is 10.9. The third kappa shape index (κ3) is 3.21. The number of nitrogens with zero attached hydrogens (tertiary/aromatic N) is 2. The highest BCUT2D eigenvalue weighted by molar-refractivity contribution is 6.31. The van der Waals surface area contributed by atoms with Gasteiger partial charge in [0.2, 0.25) is 5.76 Å². The molecule has 4 aromatic rings.